The minimum atomic E-state index is -0.128. The molecule has 0 aliphatic carbocycles. The maximum absolute atomic E-state index is 9.88. The summed E-state index contributed by atoms with van der Waals surface area (Å²) >= 11 is 15.9. The van der Waals surface area contributed by atoms with E-state index in [0.717, 1.165) is 0 Å². The number of allylic oxidation sites excluding steroid dienone is 3. The first-order valence-corrected chi connectivity index (χ1v) is 3.08. The smallest absolute Gasteiger partial charge is 0.162 e. The number of aldehydes is 1. The monoisotopic (exact) mass is 184 g/mol. The standard InChI is InChI=1S/C5H3Cl3O/c1-3(6)5(8)4(7)2-9/h2H,1H2. The molecule has 0 N–H and O–H groups in total. The van der Waals surface area contributed by atoms with Crippen molar-refractivity contribution in [3.63, 3.8) is 0 Å². The van der Waals surface area contributed by atoms with Crippen molar-refractivity contribution in [1.82, 2.24) is 0 Å². The summed E-state index contributed by atoms with van der Waals surface area (Å²) in [5, 5.41) is -0.0706. The zero-order valence-electron chi connectivity index (χ0n) is 4.33. The molecule has 0 aliphatic rings. The summed E-state index contributed by atoms with van der Waals surface area (Å²) in [6, 6.07) is 0. The first-order valence-electron chi connectivity index (χ1n) is 1.94. The molecule has 0 saturated heterocycles. The van der Waals surface area contributed by atoms with E-state index in [2.05, 4.69) is 6.58 Å². The molecule has 0 saturated carbocycles. The van der Waals surface area contributed by atoms with Gasteiger partial charge in [-0.05, 0) is 0 Å². The van der Waals surface area contributed by atoms with Gasteiger partial charge in [-0.2, -0.15) is 0 Å². The van der Waals surface area contributed by atoms with Crippen LogP contribution in [0.1, 0.15) is 0 Å². The third-order valence-corrected chi connectivity index (χ3v) is 1.64. The highest BCUT2D eigenvalue weighted by Gasteiger charge is 2.00. The number of carbonyl (C=O) groups is 1. The van der Waals surface area contributed by atoms with Gasteiger partial charge in [-0.25, -0.2) is 0 Å². The third-order valence-electron chi connectivity index (χ3n) is 0.551. The summed E-state index contributed by atoms with van der Waals surface area (Å²) in [5.41, 5.74) is 0. The molecule has 0 atom stereocenters. The van der Waals surface area contributed by atoms with Crippen molar-refractivity contribution in [2.75, 3.05) is 0 Å². The highest BCUT2D eigenvalue weighted by Crippen LogP contribution is 2.21. The number of carbonyl (C=O) groups excluding carboxylic acids is 1. The number of rotatable bonds is 2. The van der Waals surface area contributed by atoms with Gasteiger partial charge in [0.2, 0.25) is 0 Å². The van der Waals surface area contributed by atoms with Crippen molar-refractivity contribution in [1.29, 1.82) is 0 Å². The molecule has 0 fully saturated rings. The Balaban J connectivity index is 4.47. The fourth-order valence-corrected chi connectivity index (χ4v) is 0.490. The molecule has 0 radical (unpaired) electrons. The van der Waals surface area contributed by atoms with Gasteiger partial charge >= 0.3 is 0 Å². The zero-order valence-corrected chi connectivity index (χ0v) is 6.59. The van der Waals surface area contributed by atoms with E-state index in [-0.39, 0.29) is 15.1 Å². The molecule has 50 valence electrons. The Morgan fingerprint density at radius 1 is 1.33 bits per heavy atom. The van der Waals surface area contributed by atoms with Crippen LogP contribution in [0.25, 0.3) is 0 Å². The molecule has 0 aromatic heterocycles. The quantitative estimate of drug-likeness (QED) is 0.367. The predicted octanol–water partition coefficient (Wildman–Crippen LogP) is 2.63. The van der Waals surface area contributed by atoms with E-state index >= 15 is 0 Å². The predicted molar refractivity (Wildman–Crippen MR) is 39.8 cm³/mol. The lowest BCUT2D eigenvalue weighted by molar-refractivity contribution is -0.104. The number of hydrogen-bond donors (Lipinski definition) is 0. The van der Waals surface area contributed by atoms with Crippen LogP contribution < -0.4 is 0 Å². The Hall–Kier alpha value is 0.0200. The molecule has 0 amide bonds. The van der Waals surface area contributed by atoms with Gasteiger partial charge < -0.3 is 0 Å². The molecule has 0 aromatic carbocycles. The van der Waals surface area contributed by atoms with E-state index in [9.17, 15) is 4.79 Å². The van der Waals surface area contributed by atoms with Gasteiger partial charge in [-0.3, -0.25) is 4.79 Å². The van der Waals surface area contributed by atoms with E-state index in [1.165, 1.54) is 0 Å². The SMILES string of the molecule is C=C(Cl)C(Cl)=C(Cl)C=O. The summed E-state index contributed by atoms with van der Waals surface area (Å²) in [7, 11) is 0. The molecular weight excluding hydrogens is 182 g/mol. The second-order valence-corrected chi connectivity index (χ2v) is 2.43. The van der Waals surface area contributed by atoms with Crippen LogP contribution in [0.3, 0.4) is 0 Å². The lowest BCUT2D eigenvalue weighted by Crippen LogP contribution is -1.77. The van der Waals surface area contributed by atoms with Crippen molar-refractivity contribution in [3.8, 4) is 0 Å². The Kier molecular flexibility index (Phi) is 3.95. The van der Waals surface area contributed by atoms with Crippen molar-refractivity contribution in [2.45, 2.75) is 0 Å². The number of hydrogen-bond acceptors (Lipinski definition) is 1. The molecule has 9 heavy (non-hydrogen) atoms. The molecule has 0 unspecified atom stereocenters. The maximum atomic E-state index is 9.88. The topological polar surface area (TPSA) is 17.1 Å². The van der Waals surface area contributed by atoms with Gasteiger partial charge in [-0.1, -0.05) is 41.4 Å². The van der Waals surface area contributed by atoms with E-state index in [0.29, 0.717) is 6.29 Å². The van der Waals surface area contributed by atoms with Crippen LogP contribution in [0.2, 0.25) is 0 Å². The van der Waals surface area contributed by atoms with Gasteiger partial charge in [0.15, 0.2) is 6.29 Å². The van der Waals surface area contributed by atoms with Gasteiger partial charge in [0.1, 0.15) is 5.03 Å². The van der Waals surface area contributed by atoms with Gasteiger partial charge in [-0.15, -0.1) is 0 Å². The molecule has 4 heteroatoms. The van der Waals surface area contributed by atoms with Crippen LogP contribution in [-0.2, 0) is 4.79 Å². The molecule has 1 nitrogen and oxygen atoms in total. The summed E-state index contributed by atoms with van der Waals surface area (Å²) < 4.78 is 0. The van der Waals surface area contributed by atoms with Crippen LogP contribution >= 0.6 is 34.8 Å². The molecule has 0 spiro atoms. The Labute approximate surface area is 67.9 Å². The van der Waals surface area contributed by atoms with Crippen LogP contribution in [0.15, 0.2) is 21.7 Å². The van der Waals surface area contributed by atoms with Gasteiger partial charge in [0.25, 0.3) is 0 Å². The molecular formula is C5H3Cl3O. The molecule has 0 rings (SSSR count). The lowest BCUT2D eigenvalue weighted by Gasteiger charge is -1.91. The van der Waals surface area contributed by atoms with Crippen molar-refractivity contribution in [2.24, 2.45) is 0 Å². The van der Waals surface area contributed by atoms with E-state index in [4.69, 9.17) is 34.8 Å². The van der Waals surface area contributed by atoms with E-state index in [1.54, 1.807) is 0 Å². The highest BCUT2D eigenvalue weighted by molar-refractivity contribution is 6.51. The first kappa shape index (κ1) is 9.02. The van der Waals surface area contributed by atoms with Crippen LogP contribution in [-0.4, -0.2) is 6.29 Å². The Morgan fingerprint density at radius 2 is 1.78 bits per heavy atom. The highest BCUT2D eigenvalue weighted by atomic mass is 35.5. The van der Waals surface area contributed by atoms with Crippen molar-refractivity contribution < 1.29 is 4.79 Å². The fourth-order valence-electron chi connectivity index (χ4n) is 0.181. The molecule has 0 aromatic rings. The molecule has 0 heterocycles. The van der Waals surface area contributed by atoms with Crippen LogP contribution in [0.5, 0.6) is 0 Å². The summed E-state index contributed by atoms with van der Waals surface area (Å²) in [6.45, 7) is 3.26. The van der Waals surface area contributed by atoms with Gasteiger partial charge in [0.05, 0.1) is 10.1 Å². The van der Waals surface area contributed by atoms with Crippen molar-refractivity contribution in [3.05, 3.63) is 21.7 Å². The zero-order chi connectivity index (χ0) is 7.44. The Bertz CT molecular complexity index is 171. The average Bonchev–Trinajstić information content (AvgIpc) is 1.84. The summed E-state index contributed by atoms with van der Waals surface area (Å²) in [5.74, 6) is 0. The average molecular weight is 185 g/mol. The summed E-state index contributed by atoms with van der Waals surface area (Å²) in [4.78, 5) is 9.88. The lowest BCUT2D eigenvalue weighted by atomic mass is 10.5. The maximum Gasteiger partial charge on any atom is 0.162 e. The third kappa shape index (κ3) is 2.89. The summed E-state index contributed by atoms with van der Waals surface area (Å²) in [6.07, 6.45) is 0.400. The van der Waals surface area contributed by atoms with Crippen LogP contribution in [0.4, 0.5) is 0 Å². The van der Waals surface area contributed by atoms with E-state index < -0.39 is 0 Å². The second kappa shape index (κ2) is 3.94. The van der Waals surface area contributed by atoms with E-state index in [1.807, 2.05) is 0 Å². The largest absolute Gasteiger partial charge is 0.297 e. The minimum absolute atomic E-state index is 0.00617. The van der Waals surface area contributed by atoms with Crippen LogP contribution in [0, 0.1) is 0 Å². The van der Waals surface area contributed by atoms with Crippen molar-refractivity contribution >= 4 is 41.1 Å². The fraction of sp³-hybridized carbons (Fsp3) is 0. The minimum Gasteiger partial charge on any atom is -0.297 e. The normalized spacial score (nSPS) is 12.3. The molecule has 0 bridgehead atoms. The number of halogens is 3. The van der Waals surface area contributed by atoms with Gasteiger partial charge in [0, 0.05) is 0 Å². The molecule has 0 aliphatic heterocycles. The Morgan fingerprint density at radius 3 is 1.89 bits per heavy atom. The second-order valence-electron chi connectivity index (χ2n) is 1.18. The first-order chi connectivity index (χ1) is 4.09.